The lowest BCUT2D eigenvalue weighted by Gasteiger charge is -2.36. The summed E-state index contributed by atoms with van der Waals surface area (Å²) in [6, 6.07) is 0. The highest BCUT2D eigenvalue weighted by Crippen LogP contribution is 2.40. The number of carbonyl (C=O) groups is 2. The van der Waals surface area contributed by atoms with Crippen molar-refractivity contribution >= 4 is 22.7 Å². The van der Waals surface area contributed by atoms with Gasteiger partial charge in [-0.25, -0.2) is 4.39 Å². The Labute approximate surface area is 183 Å². The first-order valence-electron chi connectivity index (χ1n) is 9.91. The van der Waals surface area contributed by atoms with Crippen LogP contribution in [0.4, 0.5) is 4.39 Å². The molecule has 3 heterocycles. The van der Waals surface area contributed by atoms with Crippen molar-refractivity contribution in [3.63, 3.8) is 0 Å². The number of allylic oxidation sites excluding steroid dienone is 5. The van der Waals surface area contributed by atoms with Crippen LogP contribution in [0.3, 0.4) is 0 Å². The van der Waals surface area contributed by atoms with Crippen LogP contribution in [0.15, 0.2) is 47.2 Å². The molecule has 0 bridgehead atoms. The monoisotopic (exact) mass is 441 g/mol. The number of hydrogen-bond acceptors (Lipinski definition) is 6. The van der Waals surface area contributed by atoms with Gasteiger partial charge < -0.3 is 15.2 Å². The van der Waals surface area contributed by atoms with Crippen molar-refractivity contribution in [1.29, 1.82) is 0 Å². The first-order chi connectivity index (χ1) is 15.0. The molecule has 9 heteroatoms. The van der Waals surface area contributed by atoms with Crippen molar-refractivity contribution in [1.82, 2.24) is 14.9 Å². The number of amides is 1. The first-order valence-corrected chi connectivity index (χ1v) is 9.91. The van der Waals surface area contributed by atoms with Gasteiger partial charge in [-0.2, -0.15) is 0 Å². The summed E-state index contributed by atoms with van der Waals surface area (Å²) in [7, 11) is 1.44. The Balaban J connectivity index is 2.27. The van der Waals surface area contributed by atoms with Crippen LogP contribution in [-0.4, -0.2) is 39.0 Å². The van der Waals surface area contributed by atoms with E-state index in [2.05, 4.69) is 16.9 Å². The summed E-state index contributed by atoms with van der Waals surface area (Å²) < 4.78 is 20.7. The number of halogens is 1. The van der Waals surface area contributed by atoms with Crippen LogP contribution in [0.25, 0.3) is 11.0 Å². The van der Waals surface area contributed by atoms with Gasteiger partial charge in [-0.05, 0) is 26.8 Å². The molecular weight excluding hydrogens is 417 g/mol. The van der Waals surface area contributed by atoms with Gasteiger partial charge in [0.15, 0.2) is 17.3 Å². The first kappa shape index (κ1) is 22.9. The van der Waals surface area contributed by atoms with Crippen molar-refractivity contribution in [2.75, 3.05) is 7.05 Å². The number of carbonyl (C=O) groups excluding carboxylic acids is 2. The lowest BCUT2D eigenvalue weighted by atomic mass is 9.98. The topological polar surface area (TPSA) is 111 Å². The molecular formula is C23H24FN3O5. The molecule has 0 spiro atoms. The maximum absolute atomic E-state index is 13.4. The third-order valence-corrected chi connectivity index (χ3v) is 5.29. The van der Waals surface area contributed by atoms with Crippen LogP contribution in [0.2, 0.25) is 0 Å². The zero-order valence-corrected chi connectivity index (χ0v) is 18.3. The van der Waals surface area contributed by atoms with Crippen LogP contribution < -0.4 is 15.6 Å². The van der Waals surface area contributed by atoms with Gasteiger partial charge in [0.25, 0.3) is 11.5 Å². The molecule has 168 valence electrons. The molecule has 0 aliphatic carbocycles. The normalized spacial score (nSPS) is 18.0. The third kappa shape index (κ3) is 3.81. The summed E-state index contributed by atoms with van der Waals surface area (Å²) in [4.78, 5) is 42.0. The van der Waals surface area contributed by atoms with Gasteiger partial charge >= 0.3 is 0 Å². The minimum Gasteiger partial charge on any atom is -0.505 e. The second kappa shape index (κ2) is 8.41. The highest BCUT2D eigenvalue weighted by atomic mass is 19.1. The Kier molecular flexibility index (Phi) is 6.03. The number of ketones is 1. The Bertz CT molecular complexity index is 1270. The zero-order valence-electron chi connectivity index (χ0n) is 18.3. The molecule has 3 rings (SSSR count). The molecule has 2 aromatic heterocycles. The molecule has 1 unspecified atom stereocenters. The largest absolute Gasteiger partial charge is 0.505 e. The average molecular weight is 441 g/mol. The van der Waals surface area contributed by atoms with E-state index in [1.807, 2.05) is 0 Å². The fraction of sp³-hybridized carbons (Fsp3) is 0.304. The van der Waals surface area contributed by atoms with Gasteiger partial charge in [0, 0.05) is 25.2 Å². The highest BCUT2D eigenvalue weighted by Gasteiger charge is 2.42. The summed E-state index contributed by atoms with van der Waals surface area (Å²) in [6.45, 7) is 7.97. The number of aromatic nitrogens is 2. The minimum atomic E-state index is -1.46. The van der Waals surface area contributed by atoms with Crippen LogP contribution >= 0.6 is 0 Å². The second-order valence-electron chi connectivity index (χ2n) is 7.73. The van der Waals surface area contributed by atoms with Crippen molar-refractivity contribution in [3.8, 4) is 11.5 Å². The van der Waals surface area contributed by atoms with E-state index in [0.29, 0.717) is 11.1 Å². The van der Waals surface area contributed by atoms with Gasteiger partial charge in [-0.1, -0.05) is 24.3 Å². The summed E-state index contributed by atoms with van der Waals surface area (Å²) in [6.07, 6.45) is 5.65. The summed E-state index contributed by atoms with van der Waals surface area (Å²) in [5.74, 6) is -1.90. The predicted molar refractivity (Wildman–Crippen MR) is 118 cm³/mol. The Morgan fingerprint density at radius 1 is 1.44 bits per heavy atom. The summed E-state index contributed by atoms with van der Waals surface area (Å²) in [5.41, 5.74) is -1.43. The highest BCUT2D eigenvalue weighted by molar-refractivity contribution is 6.02. The molecule has 0 saturated carbocycles. The number of hydrogen-bond donors (Lipinski definition) is 2. The van der Waals surface area contributed by atoms with E-state index in [0.717, 1.165) is 0 Å². The maximum atomic E-state index is 13.4. The van der Waals surface area contributed by atoms with Crippen molar-refractivity contribution in [2.24, 2.45) is 0 Å². The Morgan fingerprint density at radius 2 is 2.12 bits per heavy atom. The Hall–Kier alpha value is -3.75. The molecule has 0 aromatic carbocycles. The van der Waals surface area contributed by atoms with E-state index in [1.165, 1.54) is 49.9 Å². The van der Waals surface area contributed by atoms with Gasteiger partial charge in [-0.3, -0.25) is 23.9 Å². The molecule has 1 amide bonds. The van der Waals surface area contributed by atoms with E-state index >= 15 is 0 Å². The number of nitrogens with one attached hydrogen (secondary N) is 1. The van der Waals surface area contributed by atoms with E-state index in [4.69, 9.17) is 4.74 Å². The number of aromatic hydroxyl groups is 1. The maximum Gasteiger partial charge on any atom is 0.266 e. The number of likely N-dealkylation sites (N-methyl/N-ethyl adjacent to an activating group) is 1. The number of Topliss-reactive ketones (excluding diaryl/α,β-unsaturated/α-hetero) is 1. The molecule has 2 aromatic rings. The fourth-order valence-corrected chi connectivity index (χ4v) is 3.65. The molecule has 32 heavy (non-hydrogen) atoms. The molecule has 8 nitrogen and oxygen atoms in total. The molecule has 2 N–H and O–H groups in total. The number of pyridine rings is 2. The van der Waals surface area contributed by atoms with Crippen LogP contribution in [0, 0.1) is 0 Å². The van der Waals surface area contributed by atoms with Crippen LogP contribution in [0.1, 0.15) is 36.7 Å². The SMILES string of the molecule is C=C(C=CC(F)=CC)Cc1cnc2c(O)c(C(C)=O)c(=O)n3c2c1OC(C)(C(=O)NC)C3. The molecule has 0 fully saturated rings. The molecule has 1 aliphatic heterocycles. The number of nitrogens with zero attached hydrogens (tertiary/aromatic N) is 2. The molecule has 1 aliphatic rings. The number of ether oxygens (including phenoxy) is 1. The lowest BCUT2D eigenvalue weighted by Crippen LogP contribution is -2.54. The minimum absolute atomic E-state index is 0.00798. The number of rotatable bonds is 6. The lowest BCUT2D eigenvalue weighted by molar-refractivity contribution is -0.136. The second-order valence-corrected chi connectivity index (χ2v) is 7.73. The van der Waals surface area contributed by atoms with Crippen LogP contribution in [-0.2, 0) is 17.8 Å². The molecule has 0 saturated heterocycles. The van der Waals surface area contributed by atoms with Crippen molar-refractivity contribution in [2.45, 2.75) is 39.3 Å². The fourth-order valence-electron chi connectivity index (χ4n) is 3.65. The van der Waals surface area contributed by atoms with Crippen molar-refractivity contribution < 1.29 is 23.8 Å². The summed E-state index contributed by atoms with van der Waals surface area (Å²) in [5, 5.41) is 13.1. The predicted octanol–water partition coefficient (Wildman–Crippen LogP) is 2.73. The standard InChI is InChI=1S/C23H24FN3O5/c1-6-15(24)8-7-12(2)9-14-10-26-17-18-20(14)32-23(4,22(31)25-5)11-27(18)21(30)16(13(3)28)19(17)29/h6-8,10,29H,2,9,11H2,1,3-5H3,(H,25,31). The average Bonchev–Trinajstić information content (AvgIpc) is 2.75. The van der Waals surface area contributed by atoms with Gasteiger partial charge in [-0.15, -0.1) is 0 Å². The quantitative estimate of drug-likeness (QED) is 0.527. The van der Waals surface area contributed by atoms with E-state index in [-0.39, 0.29) is 29.7 Å². The van der Waals surface area contributed by atoms with E-state index in [9.17, 15) is 23.9 Å². The van der Waals surface area contributed by atoms with E-state index in [1.54, 1.807) is 6.92 Å². The van der Waals surface area contributed by atoms with Gasteiger partial charge in [0.05, 0.1) is 6.54 Å². The zero-order chi connectivity index (χ0) is 23.8. The smallest absolute Gasteiger partial charge is 0.266 e. The molecule has 0 radical (unpaired) electrons. The molecule has 1 atom stereocenters. The van der Waals surface area contributed by atoms with E-state index < -0.39 is 40.0 Å². The third-order valence-electron chi connectivity index (χ3n) is 5.29. The van der Waals surface area contributed by atoms with Gasteiger partial charge in [0.2, 0.25) is 5.60 Å². The summed E-state index contributed by atoms with van der Waals surface area (Å²) >= 11 is 0. The van der Waals surface area contributed by atoms with Crippen LogP contribution in [0.5, 0.6) is 11.5 Å². The Morgan fingerprint density at radius 3 is 2.72 bits per heavy atom. The van der Waals surface area contributed by atoms with Crippen molar-refractivity contribution in [3.05, 3.63) is 63.9 Å². The van der Waals surface area contributed by atoms with Gasteiger partial charge in [0.1, 0.15) is 22.4 Å².